The summed E-state index contributed by atoms with van der Waals surface area (Å²) in [5.41, 5.74) is 4.33. The lowest BCUT2D eigenvalue weighted by Gasteiger charge is -2.21. The Kier molecular flexibility index (Phi) is 5.77. The van der Waals surface area contributed by atoms with Gasteiger partial charge in [0.2, 0.25) is 0 Å². The third kappa shape index (κ3) is 4.19. The van der Waals surface area contributed by atoms with E-state index in [1.165, 1.54) is 11.3 Å². The Labute approximate surface area is 180 Å². The van der Waals surface area contributed by atoms with Crippen molar-refractivity contribution < 1.29 is 9.53 Å². The summed E-state index contributed by atoms with van der Waals surface area (Å²) in [6.45, 7) is 6.86. The first-order valence-corrected chi connectivity index (χ1v) is 10.7. The molecule has 0 spiro atoms. The van der Waals surface area contributed by atoms with Gasteiger partial charge in [0, 0.05) is 11.8 Å². The highest BCUT2D eigenvalue weighted by Gasteiger charge is 2.23. The molecule has 2 heterocycles. The SMILES string of the molecule is CCOc1ccc2nc(N(Cc3ccccn3)C(=O)c3cc(C)ccc3C)sc2c1. The van der Waals surface area contributed by atoms with Crippen molar-refractivity contribution in [3.05, 3.63) is 83.2 Å². The molecule has 0 N–H and O–H groups in total. The molecule has 0 bridgehead atoms. The lowest BCUT2D eigenvalue weighted by molar-refractivity contribution is 0.0984. The van der Waals surface area contributed by atoms with Gasteiger partial charge in [0.15, 0.2) is 5.13 Å². The first-order chi connectivity index (χ1) is 14.5. The maximum absolute atomic E-state index is 13.6. The van der Waals surface area contributed by atoms with Crippen molar-refractivity contribution in [2.45, 2.75) is 27.3 Å². The van der Waals surface area contributed by atoms with Gasteiger partial charge in [-0.05, 0) is 62.7 Å². The molecule has 0 saturated heterocycles. The third-order valence-electron chi connectivity index (χ3n) is 4.81. The van der Waals surface area contributed by atoms with Gasteiger partial charge in [-0.3, -0.25) is 14.7 Å². The molecule has 2 aromatic carbocycles. The molecule has 0 saturated carbocycles. The summed E-state index contributed by atoms with van der Waals surface area (Å²) < 4.78 is 6.60. The van der Waals surface area contributed by atoms with E-state index in [-0.39, 0.29) is 5.91 Å². The number of aromatic nitrogens is 2. The molecule has 0 radical (unpaired) electrons. The van der Waals surface area contributed by atoms with Crippen LogP contribution >= 0.6 is 11.3 Å². The number of nitrogens with zero attached hydrogens (tertiary/aromatic N) is 3. The zero-order valence-electron chi connectivity index (χ0n) is 17.3. The lowest BCUT2D eigenvalue weighted by atomic mass is 10.0. The van der Waals surface area contributed by atoms with E-state index in [0.29, 0.717) is 23.8 Å². The maximum Gasteiger partial charge on any atom is 0.260 e. The quantitative estimate of drug-likeness (QED) is 0.412. The van der Waals surface area contributed by atoms with Crippen LogP contribution in [0.2, 0.25) is 0 Å². The third-order valence-corrected chi connectivity index (χ3v) is 5.85. The van der Waals surface area contributed by atoms with Crippen LogP contribution < -0.4 is 9.64 Å². The molecule has 0 aliphatic carbocycles. The maximum atomic E-state index is 13.6. The minimum absolute atomic E-state index is 0.0778. The first-order valence-electron chi connectivity index (χ1n) is 9.87. The van der Waals surface area contributed by atoms with E-state index >= 15 is 0 Å². The van der Waals surface area contributed by atoms with Gasteiger partial charge in [0.05, 0.1) is 29.1 Å². The number of pyridine rings is 1. The minimum atomic E-state index is -0.0778. The predicted octanol–water partition coefficient (Wildman–Crippen LogP) is 5.55. The largest absolute Gasteiger partial charge is 0.494 e. The van der Waals surface area contributed by atoms with Gasteiger partial charge in [0.1, 0.15) is 5.75 Å². The summed E-state index contributed by atoms with van der Waals surface area (Å²) in [6, 6.07) is 17.5. The molecule has 152 valence electrons. The lowest BCUT2D eigenvalue weighted by Crippen LogP contribution is -2.31. The zero-order chi connectivity index (χ0) is 21.1. The van der Waals surface area contributed by atoms with Crippen molar-refractivity contribution in [1.82, 2.24) is 9.97 Å². The zero-order valence-corrected chi connectivity index (χ0v) is 18.1. The van der Waals surface area contributed by atoms with Crippen LogP contribution in [0.25, 0.3) is 10.2 Å². The molecular formula is C24H23N3O2S. The average molecular weight is 418 g/mol. The minimum Gasteiger partial charge on any atom is -0.494 e. The number of aryl methyl sites for hydroxylation is 2. The van der Waals surface area contributed by atoms with Crippen LogP contribution in [0.5, 0.6) is 5.75 Å². The Morgan fingerprint density at radius 2 is 1.97 bits per heavy atom. The Morgan fingerprint density at radius 3 is 2.73 bits per heavy atom. The number of amides is 1. The molecule has 0 atom stereocenters. The summed E-state index contributed by atoms with van der Waals surface area (Å²) in [5, 5.41) is 0.648. The molecule has 4 aromatic rings. The predicted molar refractivity (Wildman–Crippen MR) is 121 cm³/mol. The van der Waals surface area contributed by atoms with Crippen molar-refractivity contribution in [3.63, 3.8) is 0 Å². The number of rotatable bonds is 6. The van der Waals surface area contributed by atoms with E-state index in [9.17, 15) is 4.79 Å². The number of carbonyl (C=O) groups excluding carboxylic acids is 1. The fourth-order valence-electron chi connectivity index (χ4n) is 3.26. The van der Waals surface area contributed by atoms with Gasteiger partial charge < -0.3 is 4.74 Å². The van der Waals surface area contributed by atoms with Crippen LogP contribution in [-0.4, -0.2) is 22.5 Å². The molecule has 1 amide bonds. The first kappa shape index (κ1) is 20.0. The second-order valence-electron chi connectivity index (χ2n) is 7.09. The van der Waals surface area contributed by atoms with Crippen molar-refractivity contribution in [1.29, 1.82) is 0 Å². The van der Waals surface area contributed by atoms with Gasteiger partial charge >= 0.3 is 0 Å². The van der Waals surface area contributed by atoms with E-state index in [0.717, 1.165) is 32.8 Å². The second-order valence-corrected chi connectivity index (χ2v) is 8.10. The summed E-state index contributed by atoms with van der Waals surface area (Å²) in [5.74, 6) is 0.725. The Hall–Kier alpha value is -3.25. The monoisotopic (exact) mass is 417 g/mol. The van der Waals surface area contributed by atoms with Gasteiger partial charge in [-0.15, -0.1) is 0 Å². The number of thiazole rings is 1. The van der Waals surface area contributed by atoms with Gasteiger partial charge in [-0.25, -0.2) is 4.98 Å². The number of hydrogen-bond donors (Lipinski definition) is 0. The van der Waals surface area contributed by atoms with E-state index in [1.54, 1.807) is 11.1 Å². The number of benzene rings is 2. The number of hydrogen-bond acceptors (Lipinski definition) is 5. The van der Waals surface area contributed by atoms with Gasteiger partial charge in [-0.2, -0.15) is 0 Å². The molecule has 0 aliphatic rings. The van der Waals surface area contributed by atoms with Crippen LogP contribution in [0.4, 0.5) is 5.13 Å². The van der Waals surface area contributed by atoms with Gasteiger partial charge in [-0.1, -0.05) is 35.1 Å². The number of carbonyl (C=O) groups is 1. The van der Waals surface area contributed by atoms with Crippen molar-refractivity contribution >= 4 is 32.6 Å². The highest BCUT2D eigenvalue weighted by Crippen LogP contribution is 2.33. The average Bonchev–Trinajstić information content (AvgIpc) is 3.17. The van der Waals surface area contributed by atoms with Crippen LogP contribution in [0.1, 0.15) is 34.1 Å². The van der Waals surface area contributed by atoms with Crippen LogP contribution in [0.3, 0.4) is 0 Å². The molecule has 5 nitrogen and oxygen atoms in total. The molecule has 0 aliphatic heterocycles. The van der Waals surface area contributed by atoms with Crippen molar-refractivity contribution in [2.24, 2.45) is 0 Å². The van der Waals surface area contributed by atoms with E-state index in [2.05, 4.69) is 4.98 Å². The number of fused-ring (bicyclic) bond motifs is 1. The molecule has 2 aromatic heterocycles. The normalized spacial score (nSPS) is 10.9. The number of anilines is 1. The topological polar surface area (TPSA) is 55.3 Å². The van der Waals surface area contributed by atoms with E-state index in [4.69, 9.17) is 9.72 Å². The Morgan fingerprint density at radius 1 is 1.10 bits per heavy atom. The molecule has 6 heteroatoms. The molecule has 0 fully saturated rings. The summed E-state index contributed by atoms with van der Waals surface area (Å²) in [7, 11) is 0. The van der Waals surface area contributed by atoms with Crippen molar-refractivity contribution in [2.75, 3.05) is 11.5 Å². The Bertz CT molecular complexity index is 1190. The smallest absolute Gasteiger partial charge is 0.260 e. The highest BCUT2D eigenvalue weighted by molar-refractivity contribution is 7.22. The fraction of sp³-hybridized carbons (Fsp3) is 0.208. The van der Waals surface area contributed by atoms with E-state index < -0.39 is 0 Å². The molecule has 30 heavy (non-hydrogen) atoms. The standard InChI is InChI=1S/C24H23N3O2S/c1-4-29-19-10-11-21-22(14-19)30-24(26-21)27(15-18-7-5-6-12-25-18)23(28)20-13-16(2)8-9-17(20)3/h5-14H,4,15H2,1-3H3. The highest BCUT2D eigenvalue weighted by atomic mass is 32.1. The van der Waals surface area contributed by atoms with Crippen LogP contribution in [-0.2, 0) is 6.54 Å². The summed E-state index contributed by atoms with van der Waals surface area (Å²) in [4.78, 5) is 24.5. The number of ether oxygens (including phenoxy) is 1. The Balaban J connectivity index is 1.77. The van der Waals surface area contributed by atoms with Crippen LogP contribution in [0.15, 0.2) is 60.8 Å². The van der Waals surface area contributed by atoms with E-state index in [1.807, 2.05) is 75.4 Å². The summed E-state index contributed by atoms with van der Waals surface area (Å²) in [6.07, 6.45) is 1.74. The van der Waals surface area contributed by atoms with Gasteiger partial charge in [0.25, 0.3) is 5.91 Å². The second kappa shape index (κ2) is 8.63. The summed E-state index contributed by atoms with van der Waals surface area (Å²) >= 11 is 1.48. The molecular weight excluding hydrogens is 394 g/mol. The molecule has 4 rings (SSSR count). The fourth-order valence-corrected chi connectivity index (χ4v) is 4.25. The molecule has 0 unspecified atom stereocenters. The van der Waals surface area contributed by atoms with Crippen LogP contribution in [0, 0.1) is 13.8 Å². The van der Waals surface area contributed by atoms with Crippen molar-refractivity contribution in [3.8, 4) is 5.75 Å².